The van der Waals surface area contributed by atoms with Crippen molar-refractivity contribution in [3.8, 4) is 5.75 Å². The molecule has 0 aliphatic heterocycles. The highest BCUT2D eigenvalue weighted by Gasteiger charge is 2.02. The number of carbonyl (C=O) groups is 1. The molecule has 2 aromatic carbocycles. The number of hydrogen-bond acceptors (Lipinski definition) is 3. The van der Waals surface area contributed by atoms with Gasteiger partial charge in [-0.3, -0.25) is 4.79 Å². The van der Waals surface area contributed by atoms with E-state index < -0.39 is 0 Å². The van der Waals surface area contributed by atoms with Gasteiger partial charge in [-0.2, -0.15) is 0 Å². The standard InChI is InChI=1S/C21H25NO2/c1-4-5-12-24-20-8-6-18(7-9-20)21(23)10-11-22-19-14-16(2)13-17(3)15-19/h6-11,13-15,22H,4-5,12H2,1-3H3. The minimum atomic E-state index is -0.0352. The smallest absolute Gasteiger partial charge is 0.187 e. The maximum atomic E-state index is 12.2. The molecule has 0 atom stereocenters. The Labute approximate surface area is 144 Å². The summed E-state index contributed by atoms with van der Waals surface area (Å²) in [6.07, 6.45) is 5.37. The monoisotopic (exact) mass is 323 g/mol. The van der Waals surface area contributed by atoms with Gasteiger partial charge in [-0.25, -0.2) is 0 Å². The van der Waals surface area contributed by atoms with Crippen LogP contribution in [0, 0.1) is 13.8 Å². The van der Waals surface area contributed by atoms with Crippen molar-refractivity contribution in [1.29, 1.82) is 0 Å². The molecule has 0 saturated carbocycles. The summed E-state index contributed by atoms with van der Waals surface area (Å²) in [6.45, 7) is 6.95. The number of carbonyl (C=O) groups excluding carboxylic acids is 1. The molecule has 2 aromatic rings. The van der Waals surface area contributed by atoms with Crippen molar-refractivity contribution in [3.63, 3.8) is 0 Å². The highest BCUT2D eigenvalue weighted by molar-refractivity contribution is 6.04. The van der Waals surface area contributed by atoms with Gasteiger partial charge in [-0.15, -0.1) is 0 Å². The topological polar surface area (TPSA) is 38.3 Å². The van der Waals surface area contributed by atoms with Crippen LogP contribution >= 0.6 is 0 Å². The Morgan fingerprint density at radius 2 is 1.75 bits per heavy atom. The molecule has 3 nitrogen and oxygen atoms in total. The zero-order valence-corrected chi connectivity index (χ0v) is 14.6. The van der Waals surface area contributed by atoms with Gasteiger partial charge in [0.1, 0.15) is 5.75 Å². The van der Waals surface area contributed by atoms with Crippen LogP contribution in [0.4, 0.5) is 5.69 Å². The molecule has 3 heteroatoms. The Morgan fingerprint density at radius 1 is 1.08 bits per heavy atom. The average molecular weight is 323 g/mol. The number of hydrogen-bond donors (Lipinski definition) is 1. The van der Waals surface area contributed by atoms with Crippen molar-refractivity contribution < 1.29 is 9.53 Å². The van der Waals surface area contributed by atoms with E-state index in [0.717, 1.165) is 24.3 Å². The fourth-order valence-electron chi connectivity index (χ4n) is 2.42. The van der Waals surface area contributed by atoms with Crippen molar-refractivity contribution in [3.05, 3.63) is 71.4 Å². The first kappa shape index (κ1) is 17.8. The number of benzene rings is 2. The van der Waals surface area contributed by atoms with E-state index in [1.165, 1.54) is 11.1 Å². The molecule has 0 spiro atoms. The van der Waals surface area contributed by atoms with Gasteiger partial charge in [0.25, 0.3) is 0 Å². The Bertz CT molecular complexity index is 682. The molecule has 126 valence electrons. The molecule has 0 saturated heterocycles. The molecule has 0 aliphatic rings. The molecular formula is C21H25NO2. The first-order valence-corrected chi connectivity index (χ1v) is 8.37. The lowest BCUT2D eigenvalue weighted by Gasteiger charge is -2.06. The first-order chi connectivity index (χ1) is 11.6. The molecule has 0 amide bonds. The molecule has 0 aromatic heterocycles. The molecule has 0 bridgehead atoms. The van der Waals surface area contributed by atoms with Gasteiger partial charge in [0.05, 0.1) is 6.61 Å². The van der Waals surface area contributed by atoms with Crippen LogP contribution in [0.5, 0.6) is 5.75 Å². The van der Waals surface area contributed by atoms with Gasteiger partial charge in [-0.1, -0.05) is 19.4 Å². The van der Waals surface area contributed by atoms with E-state index in [1.807, 2.05) is 24.3 Å². The van der Waals surface area contributed by atoms with Crippen molar-refractivity contribution >= 4 is 11.5 Å². The summed E-state index contributed by atoms with van der Waals surface area (Å²) in [4.78, 5) is 12.2. The van der Waals surface area contributed by atoms with Crippen molar-refractivity contribution in [2.45, 2.75) is 33.6 Å². The van der Waals surface area contributed by atoms with E-state index in [2.05, 4.69) is 32.2 Å². The van der Waals surface area contributed by atoms with E-state index in [0.29, 0.717) is 12.2 Å². The predicted molar refractivity (Wildman–Crippen MR) is 99.9 cm³/mol. The largest absolute Gasteiger partial charge is 0.494 e. The highest BCUT2D eigenvalue weighted by atomic mass is 16.5. The van der Waals surface area contributed by atoms with Crippen LogP contribution in [0.15, 0.2) is 54.7 Å². The van der Waals surface area contributed by atoms with Gasteiger partial charge < -0.3 is 10.1 Å². The van der Waals surface area contributed by atoms with E-state index in [9.17, 15) is 4.79 Å². The molecular weight excluding hydrogens is 298 g/mol. The van der Waals surface area contributed by atoms with Crippen molar-refractivity contribution in [2.24, 2.45) is 0 Å². The summed E-state index contributed by atoms with van der Waals surface area (Å²) in [6, 6.07) is 13.5. The summed E-state index contributed by atoms with van der Waals surface area (Å²) in [5.74, 6) is 0.768. The zero-order chi connectivity index (χ0) is 17.4. The van der Waals surface area contributed by atoms with Gasteiger partial charge in [0.15, 0.2) is 5.78 Å². The minimum absolute atomic E-state index is 0.0352. The molecule has 0 fully saturated rings. The Kier molecular flexibility index (Phi) is 6.62. The first-order valence-electron chi connectivity index (χ1n) is 8.37. The van der Waals surface area contributed by atoms with Crippen LogP contribution < -0.4 is 10.1 Å². The van der Waals surface area contributed by atoms with Crippen LogP contribution in [-0.4, -0.2) is 12.4 Å². The van der Waals surface area contributed by atoms with Gasteiger partial charge >= 0.3 is 0 Å². The third-order valence-electron chi connectivity index (χ3n) is 3.61. The molecule has 2 rings (SSSR count). The number of aryl methyl sites for hydroxylation is 2. The van der Waals surface area contributed by atoms with Gasteiger partial charge in [-0.05, 0) is 67.8 Å². The quantitative estimate of drug-likeness (QED) is 0.407. The number of nitrogens with one attached hydrogen (secondary N) is 1. The summed E-state index contributed by atoms with van der Waals surface area (Å²) < 4.78 is 5.60. The number of ketones is 1. The average Bonchev–Trinajstić information content (AvgIpc) is 2.55. The lowest BCUT2D eigenvalue weighted by atomic mass is 10.1. The van der Waals surface area contributed by atoms with E-state index in [1.54, 1.807) is 24.4 Å². The number of ether oxygens (including phenoxy) is 1. The molecule has 0 unspecified atom stereocenters. The summed E-state index contributed by atoms with van der Waals surface area (Å²) in [5, 5.41) is 3.15. The molecule has 1 N–H and O–H groups in total. The number of rotatable bonds is 8. The maximum absolute atomic E-state index is 12.2. The van der Waals surface area contributed by atoms with E-state index in [4.69, 9.17) is 4.74 Å². The van der Waals surface area contributed by atoms with Crippen molar-refractivity contribution in [1.82, 2.24) is 0 Å². The third kappa shape index (κ3) is 5.58. The third-order valence-corrected chi connectivity index (χ3v) is 3.61. The van der Waals surface area contributed by atoms with E-state index in [-0.39, 0.29) is 5.78 Å². The molecule has 0 heterocycles. The lowest BCUT2D eigenvalue weighted by molar-refractivity contribution is 0.104. The second kappa shape index (κ2) is 8.92. The Balaban J connectivity index is 1.91. The number of anilines is 1. The van der Waals surface area contributed by atoms with E-state index >= 15 is 0 Å². The molecule has 0 radical (unpaired) electrons. The number of allylic oxidation sites excluding steroid dienone is 1. The number of unbranched alkanes of at least 4 members (excludes halogenated alkanes) is 1. The summed E-state index contributed by atoms with van der Waals surface area (Å²) in [7, 11) is 0. The fourth-order valence-corrected chi connectivity index (χ4v) is 2.42. The molecule has 0 aliphatic carbocycles. The van der Waals surface area contributed by atoms with Gasteiger partial charge in [0, 0.05) is 23.5 Å². The lowest BCUT2D eigenvalue weighted by Crippen LogP contribution is -1.99. The Hall–Kier alpha value is -2.55. The fraction of sp³-hybridized carbons (Fsp3) is 0.286. The summed E-state index contributed by atoms with van der Waals surface area (Å²) >= 11 is 0. The van der Waals surface area contributed by atoms with Crippen LogP contribution in [0.3, 0.4) is 0 Å². The predicted octanol–water partition coefficient (Wildman–Crippen LogP) is 5.29. The molecule has 24 heavy (non-hydrogen) atoms. The van der Waals surface area contributed by atoms with Crippen LogP contribution in [0.1, 0.15) is 41.3 Å². The summed E-state index contributed by atoms with van der Waals surface area (Å²) in [5.41, 5.74) is 4.01. The van der Waals surface area contributed by atoms with Crippen LogP contribution in [0.25, 0.3) is 0 Å². The van der Waals surface area contributed by atoms with Crippen LogP contribution in [-0.2, 0) is 0 Å². The van der Waals surface area contributed by atoms with Crippen molar-refractivity contribution in [2.75, 3.05) is 11.9 Å². The SMILES string of the molecule is CCCCOc1ccc(C(=O)C=CNc2cc(C)cc(C)c2)cc1. The Morgan fingerprint density at radius 3 is 2.38 bits per heavy atom. The second-order valence-electron chi connectivity index (χ2n) is 5.94. The van der Waals surface area contributed by atoms with Gasteiger partial charge in [0.2, 0.25) is 0 Å². The highest BCUT2D eigenvalue weighted by Crippen LogP contribution is 2.15. The zero-order valence-electron chi connectivity index (χ0n) is 14.6. The normalized spacial score (nSPS) is 10.8. The minimum Gasteiger partial charge on any atom is -0.494 e. The second-order valence-corrected chi connectivity index (χ2v) is 5.94. The van der Waals surface area contributed by atoms with Crippen LogP contribution in [0.2, 0.25) is 0 Å². The maximum Gasteiger partial charge on any atom is 0.187 e.